The molecule has 0 saturated heterocycles. The lowest BCUT2D eigenvalue weighted by Gasteiger charge is -2.15. The lowest BCUT2D eigenvalue weighted by molar-refractivity contribution is -0.112. The highest BCUT2D eigenvalue weighted by Gasteiger charge is 2.25. The summed E-state index contributed by atoms with van der Waals surface area (Å²) in [4.78, 5) is 21.9. The number of benzene rings is 1. The molecule has 6 nitrogen and oxygen atoms in total. The van der Waals surface area contributed by atoms with Crippen LogP contribution in [0.4, 0.5) is 0 Å². The van der Waals surface area contributed by atoms with Crippen LogP contribution >= 0.6 is 0 Å². The monoisotopic (exact) mass is 300 g/mol. The fraction of sp³-hybridized carbons (Fsp3) is 0.467. The van der Waals surface area contributed by atoms with Gasteiger partial charge in [-0.3, -0.25) is 4.79 Å². The molecular formula is C15H24O6. The molecule has 1 rings (SSSR count). The fourth-order valence-corrected chi connectivity index (χ4v) is 1.38. The first-order valence-corrected chi connectivity index (χ1v) is 6.22. The number of ketones is 1. The van der Waals surface area contributed by atoms with Crippen LogP contribution in [0.1, 0.15) is 29.8 Å². The molecule has 0 aliphatic heterocycles. The lowest BCUT2D eigenvalue weighted by atomic mass is 9.96. The molecule has 0 fully saturated rings. The summed E-state index contributed by atoms with van der Waals surface area (Å²) in [6, 6.07) is 6.82. The van der Waals surface area contributed by atoms with Crippen molar-refractivity contribution in [2.24, 2.45) is 0 Å². The number of hydrogen-bond donors (Lipinski definition) is 3. The van der Waals surface area contributed by atoms with Gasteiger partial charge in [-0.15, -0.1) is 0 Å². The first-order chi connectivity index (χ1) is 9.95. The van der Waals surface area contributed by atoms with E-state index in [-0.39, 0.29) is 19.0 Å². The SMILES string of the molecule is CC(C)(O)C(=O)c1cccc(COCC=O)c1.CO.CO. The molecule has 1 aromatic rings. The molecule has 0 bridgehead atoms. The van der Waals surface area contributed by atoms with E-state index in [0.29, 0.717) is 11.8 Å². The molecule has 0 unspecified atom stereocenters. The van der Waals surface area contributed by atoms with Gasteiger partial charge in [0.1, 0.15) is 18.5 Å². The van der Waals surface area contributed by atoms with Crippen LogP contribution in [0.2, 0.25) is 0 Å². The van der Waals surface area contributed by atoms with Crippen molar-refractivity contribution in [3.8, 4) is 0 Å². The van der Waals surface area contributed by atoms with Gasteiger partial charge in [-0.25, -0.2) is 0 Å². The van der Waals surface area contributed by atoms with Crippen LogP contribution in [-0.4, -0.2) is 53.8 Å². The standard InChI is InChI=1S/C13H16O4.2CH4O/c1-13(2,16)12(15)11-5-3-4-10(8-11)9-17-7-6-14;2*1-2/h3-6,8,16H,7,9H2,1-2H3;2*2H,1H3. The Labute approximate surface area is 125 Å². The number of aliphatic hydroxyl groups is 3. The molecule has 0 aliphatic carbocycles. The minimum Gasteiger partial charge on any atom is -0.400 e. The van der Waals surface area contributed by atoms with E-state index in [0.717, 1.165) is 19.8 Å². The van der Waals surface area contributed by atoms with Crippen LogP contribution < -0.4 is 0 Å². The van der Waals surface area contributed by atoms with E-state index in [2.05, 4.69) is 0 Å². The lowest BCUT2D eigenvalue weighted by Crippen LogP contribution is -2.31. The number of carbonyl (C=O) groups excluding carboxylic acids is 2. The molecule has 0 aromatic heterocycles. The van der Waals surface area contributed by atoms with Gasteiger partial charge in [-0.05, 0) is 25.5 Å². The molecular weight excluding hydrogens is 276 g/mol. The molecule has 3 N–H and O–H groups in total. The average molecular weight is 300 g/mol. The number of aliphatic hydroxyl groups excluding tert-OH is 2. The van der Waals surface area contributed by atoms with E-state index in [1.807, 2.05) is 0 Å². The van der Waals surface area contributed by atoms with Gasteiger partial charge in [0, 0.05) is 19.8 Å². The van der Waals surface area contributed by atoms with Gasteiger partial charge >= 0.3 is 0 Å². The first-order valence-electron chi connectivity index (χ1n) is 6.22. The zero-order valence-corrected chi connectivity index (χ0v) is 12.9. The molecule has 0 atom stereocenters. The molecule has 6 heteroatoms. The van der Waals surface area contributed by atoms with Crippen LogP contribution in [0.25, 0.3) is 0 Å². The van der Waals surface area contributed by atoms with Gasteiger partial charge in [-0.2, -0.15) is 0 Å². The Morgan fingerprint density at radius 2 is 1.81 bits per heavy atom. The van der Waals surface area contributed by atoms with Gasteiger partial charge in [-0.1, -0.05) is 18.2 Å². The molecule has 0 radical (unpaired) electrons. The van der Waals surface area contributed by atoms with Gasteiger partial charge in [0.15, 0.2) is 5.78 Å². The number of rotatable bonds is 6. The van der Waals surface area contributed by atoms with Gasteiger partial charge in [0.05, 0.1) is 6.61 Å². The quantitative estimate of drug-likeness (QED) is 0.403. The second-order valence-corrected chi connectivity index (χ2v) is 4.27. The molecule has 0 saturated carbocycles. The Bertz CT molecular complexity index is 409. The van der Waals surface area contributed by atoms with Crippen molar-refractivity contribution in [1.82, 2.24) is 0 Å². The summed E-state index contributed by atoms with van der Waals surface area (Å²) in [6.45, 7) is 3.20. The number of carbonyl (C=O) groups is 2. The number of hydrogen-bond acceptors (Lipinski definition) is 6. The minimum absolute atomic E-state index is 0.0314. The van der Waals surface area contributed by atoms with Crippen molar-refractivity contribution in [2.75, 3.05) is 20.8 Å². The number of aldehydes is 1. The zero-order valence-electron chi connectivity index (χ0n) is 12.9. The highest BCUT2D eigenvalue weighted by Crippen LogP contribution is 2.14. The fourth-order valence-electron chi connectivity index (χ4n) is 1.38. The third-order valence-corrected chi connectivity index (χ3v) is 2.20. The summed E-state index contributed by atoms with van der Waals surface area (Å²) in [5.74, 6) is -0.338. The molecule has 0 aliphatic rings. The van der Waals surface area contributed by atoms with Crippen molar-refractivity contribution in [1.29, 1.82) is 0 Å². The van der Waals surface area contributed by atoms with Gasteiger partial charge in [0.25, 0.3) is 0 Å². The highest BCUT2D eigenvalue weighted by molar-refractivity contribution is 6.01. The Balaban J connectivity index is 0. The number of Topliss-reactive ketones (excluding diaryl/α,β-unsaturated/α-hetero) is 1. The minimum atomic E-state index is -1.39. The van der Waals surface area contributed by atoms with Crippen molar-refractivity contribution in [3.63, 3.8) is 0 Å². The van der Waals surface area contributed by atoms with E-state index in [4.69, 9.17) is 14.9 Å². The maximum atomic E-state index is 11.8. The predicted molar refractivity (Wildman–Crippen MR) is 79.1 cm³/mol. The van der Waals surface area contributed by atoms with Crippen molar-refractivity contribution >= 4 is 12.1 Å². The summed E-state index contributed by atoms with van der Waals surface area (Å²) >= 11 is 0. The maximum Gasteiger partial charge on any atom is 0.193 e. The molecule has 0 spiro atoms. The molecule has 0 heterocycles. The van der Waals surface area contributed by atoms with Crippen molar-refractivity contribution < 1.29 is 29.6 Å². The van der Waals surface area contributed by atoms with Crippen LogP contribution in [0, 0.1) is 0 Å². The molecule has 120 valence electrons. The van der Waals surface area contributed by atoms with E-state index < -0.39 is 5.60 Å². The Hall–Kier alpha value is -1.60. The topological polar surface area (TPSA) is 104 Å². The van der Waals surface area contributed by atoms with Crippen LogP contribution in [0.3, 0.4) is 0 Å². The summed E-state index contributed by atoms with van der Waals surface area (Å²) in [5.41, 5.74) is -0.158. The smallest absolute Gasteiger partial charge is 0.193 e. The van der Waals surface area contributed by atoms with E-state index in [1.54, 1.807) is 24.3 Å². The summed E-state index contributed by atoms with van der Waals surface area (Å²) < 4.78 is 5.05. The highest BCUT2D eigenvalue weighted by atomic mass is 16.5. The molecule has 21 heavy (non-hydrogen) atoms. The zero-order chi connectivity index (χ0) is 16.9. The third kappa shape index (κ3) is 9.04. The van der Waals surface area contributed by atoms with Crippen LogP contribution in [0.5, 0.6) is 0 Å². The van der Waals surface area contributed by atoms with Crippen molar-refractivity contribution in [2.45, 2.75) is 26.1 Å². The second-order valence-electron chi connectivity index (χ2n) is 4.27. The first kappa shape index (κ1) is 21.7. The molecule has 0 amide bonds. The Morgan fingerprint density at radius 3 is 2.29 bits per heavy atom. The van der Waals surface area contributed by atoms with Crippen LogP contribution in [-0.2, 0) is 16.1 Å². The Morgan fingerprint density at radius 1 is 1.24 bits per heavy atom. The van der Waals surface area contributed by atoms with Crippen molar-refractivity contribution in [3.05, 3.63) is 35.4 Å². The summed E-state index contributed by atoms with van der Waals surface area (Å²) in [6.07, 6.45) is 0.672. The van der Waals surface area contributed by atoms with Gasteiger partial charge in [0.2, 0.25) is 0 Å². The normalized spacial score (nSPS) is 9.67. The maximum absolute atomic E-state index is 11.8. The van der Waals surface area contributed by atoms with Gasteiger partial charge < -0.3 is 24.9 Å². The van der Waals surface area contributed by atoms with Crippen LogP contribution in [0.15, 0.2) is 24.3 Å². The van der Waals surface area contributed by atoms with E-state index in [9.17, 15) is 14.7 Å². The predicted octanol–water partition coefficient (Wildman–Crippen LogP) is 0.573. The van der Waals surface area contributed by atoms with E-state index in [1.165, 1.54) is 13.8 Å². The van der Waals surface area contributed by atoms with E-state index >= 15 is 0 Å². The second kappa shape index (κ2) is 12.2. The summed E-state index contributed by atoms with van der Waals surface area (Å²) in [7, 11) is 2.00. The third-order valence-electron chi connectivity index (χ3n) is 2.20. The summed E-state index contributed by atoms with van der Waals surface area (Å²) in [5, 5.41) is 23.6. The Kier molecular flexibility index (Phi) is 12.6. The number of ether oxygens (including phenoxy) is 1. The average Bonchev–Trinajstić information content (AvgIpc) is 2.50. The molecule has 1 aromatic carbocycles. The largest absolute Gasteiger partial charge is 0.400 e.